The first-order valence-corrected chi connectivity index (χ1v) is 10.3. The first-order valence-electron chi connectivity index (χ1n) is 9.71. The first kappa shape index (κ1) is 25.7. The minimum Gasteiger partial charge on any atom is -0.481 e. The number of aliphatic carboxylic acids is 2. The van der Waals surface area contributed by atoms with E-state index >= 15 is 0 Å². The highest BCUT2D eigenvalue weighted by Crippen LogP contribution is 2.19. The third kappa shape index (κ3) is 7.17. The average molecular weight is 447 g/mol. The SMILES string of the molecule is CC(C)C(N)C(=O)NC(CS)C(=O)NC(CCC(=O)O)C(=O)N1CCCC1C(=O)O. The first-order chi connectivity index (χ1) is 14.0. The number of nitrogens with zero attached hydrogens (tertiary/aromatic N) is 1. The summed E-state index contributed by atoms with van der Waals surface area (Å²) in [5.74, 6) is -4.53. The molecule has 4 atom stereocenters. The Kier molecular flexibility index (Phi) is 10.1. The Labute approximate surface area is 180 Å². The van der Waals surface area contributed by atoms with Crippen LogP contribution in [-0.2, 0) is 24.0 Å². The van der Waals surface area contributed by atoms with Crippen LogP contribution in [0.1, 0.15) is 39.5 Å². The van der Waals surface area contributed by atoms with Crippen molar-refractivity contribution in [3.63, 3.8) is 0 Å². The van der Waals surface area contributed by atoms with Gasteiger partial charge in [-0.3, -0.25) is 19.2 Å². The van der Waals surface area contributed by atoms with Gasteiger partial charge in [0.05, 0.1) is 6.04 Å². The number of likely N-dealkylation sites (tertiary alicyclic amines) is 1. The lowest BCUT2D eigenvalue weighted by Gasteiger charge is -2.28. The maximum absolute atomic E-state index is 12.9. The van der Waals surface area contributed by atoms with E-state index in [1.165, 1.54) is 0 Å². The Morgan fingerprint density at radius 1 is 1.10 bits per heavy atom. The van der Waals surface area contributed by atoms with E-state index in [2.05, 4.69) is 23.3 Å². The van der Waals surface area contributed by atoms with Crippen molar-refractivity contribution in [3.05, 3.63) is 0 Å². The highest BCUT2D eigenvalue weighted by Gasteiger charge is 2.38. The molecule has 0 aromatic rings. The lowest BCUT2D eigenvalue weighted by Crippen LogP contribution is -2.58. The summed E-state index contributed by atoms with van der Waals surface area (Å²) >= 11 is 4.05. The summed E-state index contributed by atoms with van der Waals surface area (Å²) in [6, 6.07) is -4.21. The Balaban J connectivity index is 2.92. The number of carboxylic acids is 2. The molecule has 0 aliphatic carbocycles. The van der Waals surface area contributed by atoms with Crippen molar-refractivity contribution in [1.29, 1.82) is 0 Å². The highest BCUT2D eigenvalue weighted by atomic mass is 32.1. The van der Waals surface area contributed by atoms with Gasteiger partial charge in [-0.15, -0.1) is 0 Å². The number of nitrogens with one attached hydrogen (secondary N) is 2. The third-order valence-electron chi connectivity index (χ3n) is 4.92. The number of nitrogens with two attached hydrogens (primary N) is 1. The van der Waals surface area contributed by atoms with Gasteiger partial charge in [0, 0.05) is 18.7 Å². The predicted octanol–water partition coefficient (Wildman–Crippen LogP) is -1.19. The molecule has 1 heterocycles. The largest absolute Gasteiger partial charge is 0.481 e. The fourth-order valence-electron chi connectivity index (χ4n) is 3.05. The normalized spacial score (nSPS) is 19.1. The quantitative estimate of drug-likeness (QED) is 0.214. The summed E-state index contributed by atoms with van der Waals surface area (Å²) < 4.78 is 0. The second-order valence-electron chi connectivity index (χ2n) is 7.54. The zero-order chi connectivity index (χ0) is 23.0. The lowest BCUT2D eigenvalue weighted by molar-refractivity contribution is -0.150. The van der Waals surface area contributed by atoms with E-state index in [0.29, 0.717) is 6.42 Å². The molecular weight excluding hydrogens is 416 g/mol. The fourth-order valence-corrected chi connectivity index (χ4v) is 3.31. The average Bonchev–Trinajstić information content (AvgIpc) is 3.17. The number of hydrogen-bond donors (Lipinski definition) is 6. The number of carbonyl (C=O) groups excluding carboxylic acids is 3. The van der Waals surface area contributed by atoms with Crippen molar-refractivity contribution in [2.24, 2.45) is 11.7 Å². The summed E-state index contributed by atoms with van der Waals surface area (Å²) in [5, 5.41) is 23.2. The highest BCUT2D eigenvalue weighted by molar-refractivity contribution is 7.80. The van der Waals surface area contributed by atoms with Crippen LogP contribution in [0.3, 0.4) is 0 Å². The van der Waals surface area contributed by atoms with Crippen molar-refractivity contribution in [3.8, 4) is 0 Å². The van der Waals surface area contributed by atoms with Gasteiger partial charge >= 0.3 is 11.9 Å². The van der Waals surface area contributed by atoms with Gasteiger partial charge in [-0.2, -0.15) is 12.6 Å². The van der Waals surface area contributed by atoms with Crippen molar-refractivity contribution < 1.29 is 34.2 Å². The Morgan fingerprint density at radius 3 is 2.20 bits per heavy atom. The molecular formula is C18H30N4O7S. The molecule has 0 aromatic heterocycles. The van der Waals surface area contributed by atoms with Gasteiger partial charge in [0.15, 0.2) is 0 Å². The predicted molar refractivity (Wildman–Crippen MR) is 110 cm³/mol. The number of rotatable bonds is 11. The topological polar surface area (TPSA) is 179 Å². The third-order valence-corrected chi connectivity index (χ3v) is 5.28. The van der Waals surface area contributed by atoms with Crippen LogP contribution in [0.4, 0.5) is 0 Å². The molecule has 1 aliphatic heterocycles. The van der Waals surface area contributed by atoms with Gasteiger partial charge in [-0.25, -0.2) is 4.79 Å². The summed E-state index contributed by atoms with van der Waals surface area (Å²) in [6.45, 7) is 3.69. The number of amides is 3. The number of thiol groups is 1. The van der Waals surface area contributed by atoms with E-state index in [-0.39, 0.29) is 31.1 Å². The molecule has 0 radical (unpaired) electrons. The molecule has 1 fully saturated rings. The van der Waals surface area contributed by atoms with Gasteiger partial charge in [0.2, 0.25) is 17.7 Å². The number of carbonyl (C=O) groups is 5. The Hall–Kier alpha value is -2.34. The minimum absolute atomic E-state index is 0.0797. The van der Waals surface area contributed by atoms with Crippen molar-refractivity contribution in [2.45, 2.75) is 63.7 Å². The molecule has 4 unspecified atom stereocenters. The molecule has 0 aromatic carbocycles. The van der Waals surface area contributed by atoms with E-state index in [0.717, 1.165) is 4.90 Å². The summed E-state index contributed by atoms with van der Waals surface area (Å²) in [7, 11) is 0. The van der Waals surface area contributed by atoms with E-state index in [9.17, 15) is 29.1 Å². The van der Waals surface area contributed by atoms with Crippen LogP contribution in [0, 0.1) is 5.92 Å². The van der Waals surface area contributed by atoms with Gasteiger partial charge in [-0.1, -0.05) is 13.8 Å². The molecule has 1 rings (SSSR count). The zero-order valence-corrected chi connectivity index (χ0v) is 17.9. The molecule has 0 spiro atoms. The van der Waals surface area contributed by atoms with Crippen LogP contribution in [0.25, 0.3) is 0 Å². The van der Waals surface area contributed by atoms with Gasteiger partial charge in [-0.05, 0) is 25.2 Å². The van der Waals surface area contributed by atoms with Crippen molar-refractivity contribution >= 4 is 42.3 Å². The maximum atomic E-state index is 12.9. The molecule has 11 nitrogen and oxygen atoms in total. The molecule has 170 valence electrons. The molecule has 0 saturated carbocycles. The van der Waals surface area contributed by atoms with Crippen LogP contribution in [0.2, 0.25) is 0 Å². The number of hydrogen-bond acceptors (Lipinski definition) is 7. The van der Waals surface area contributed by atoms with Crippen LogP contribution in [0.15, 0.2) is 0 Å². The van der Waals surface area contributed by atoms with Crippen molar-refractivity contribution in [2.75, 3.05) is 12.3 Å². The molecule has 1 saturated heterocycles. The second-order valence-corrected chi connectivity index (χ2v) is 7.90. The summed E-state index contributed by atoms with van der Waals surface area (Å²) in [4.78, 5) is 61.1. The van der Waals surface area contributed by atoms with Crippen LogP contribution < -0.4 is 16.4 Å². The van der Waals surface area contributed by atoms with Gasteiger partial charge < -0.3 is 31.5 Å². The zero-order valence-electron chi connectivity index (χ0n) is 17.0. The molecule has 3 amide bonds. The Morgan fingerprint density at radius 2 is 1.70 bits per heavy atom. The summed E-state index contributed by atoms with van der Waals surface area (Å²) in [5.41, 5.74) is 5.77. The minimum atomic E-state index is -1.24. The van der Waals surface area contributed by atoms with Gasteiger partial charge in [0.1, 0.15) is 18.1 Å². The molecule has 0 bridgehead atoms. The van der Waals surface area contributed by atoms with Crippen LogP contribution >= 0.6 is 12.6 Å². The summed E-state index contributed by atoms with van der Waals surface area (Å²) in [6.07, 6.45) is 0.147. The molecule has 1 aliphatic rings. The lowest BCUT2D eigenvalue weighted by atomic mass is 10.0. The monoisotopic (exact) mass is 446 g/mol. The second kappa shape index (κ2) is 11.7. The smallest absolute Gasteiger partial charge is 0.326 e. The van der Waals surface area contributed by atoms with Gasteiger partial charge in [0.25, 0.3) is 0 Å². The van der Waals surface area contributed by atoms with Crippen molar-refractivity contribution in [1.82, 2.24) is 15.5 Å². The Bertz CT molecular complexity index is 673. The van der Waals surface area contributed by atoms with Crippen LogP contribution in [0.5, 0.6) is 0 Å². The van der Waals surface area contributed by atoms with E-state index in [1.807, 2.05) is 0 Å². The molecule has 30 heavy (non-hydrogen) atoms. The number of carboxylic acid groups (broad SMARTS) is 2. The standard InChI is InChI=1S/C18H30N4O7S/c1-9(2)14(19)16(26)21-11(8-30)15(25)20-10(5-6-13(23)24)17(27)22-7-3-4-12(22)18(28)29/h9-12,14,30H,3-8,19H2,1-2H3,(H,20,25)(H,21,26)(H,23,24)(H,28,29). The van der Waals surface area contributed by atoms with E-state index in [1.54, 1.807) is 13.8 Å². The molecule has 6 N–H and O–H groups in total. The van der Waals surface area contributed by atoms with E-state index in [4.69, 9.17) is 10.8 Å². The molecule has 12 heteroatoms. The maximum Gasteiger partial charge on any atom is 0.326 e. The van der Waals surface area contributed by atoms with E-state index < -0.39 is 60.2 Å². The van der Waals surface area contributed by atoms with Crippen LogP contribution in [-0.4, -0.2) is 81.2 Å². The fraction of sp³-hybridized carbons (Fsp3) is 0.722.